The molecule has 0 radical (unpaired) electrons. The highest BCUT2D eigenvalue weighted by atomic mass is 35.5. The number of halogens is 1. The van der Waals surface area contributed by atoms with E-state index in [-0.39, 0.29) is 5.96 Å². The summed E-state index contributed by atoms with van der Waals surface area (Å²) < 4.78 is 1.32. The van der Waals surface area contributed by atoms with Gasteiger partial charge in [0.05, 0.1) is 0 Å². The number of nitrogen functional groups attached to an aromatic ring is 1. The topological polar surface area (TPSA) is 145 Å². The van der Waals surface area contributed by atoms with Gasteiger partial charge in [0.25, 0.3) is 0 Å². The van der Waals surface area contributed by atoms with Crippen molar-refractivity contribution in [1.82, 2.24) is 9.66 Å². The Bertz CT molecular complexity index is 792. The number of fused-ring (bicyclic) bond motifs is 1. The Labute approximate surface area is 130 Å². The minimum absolute atomic E-state index is 0.242. The minimum atomic E-state index is -0.546. The molecule has 0 bridgehead atoms. The smallest absolute Gasteiger partial charge is 0.246 e. The molecule has 1 aromatic carbocycles. The number of aryl methyl sites for hydroxylation is 1. The first-order chi connectivity index (χ1) is 10.5. The van der Waals surface area contributed by atoms with Crippen molar-refractivity contribution in [3.05, 3.63) is 34.7 Å². The predicted octanol–water partition coefficient (Wildman–Crippen LogP) is 1.29. The minimum Gasteiger partial charge on any atom is -0.337 e. The van der Waals surface area contributed by atoms with Crippen LogP contribution in [0.25, 0.3) is 11.3 Å². The van der Waals surface area contributed by atoms with Crippen LogP contribution in [0, 0.1) is 6.92 Å². The highest BCUT2D eigenvalue weighted by Gasteiger charge is 2.20. The second kappa shape index (κ2) is 5.28. The molecule has 1 atom stereocenters. The molecule has 1 aliphatic heterocycles. The molecule has 0 fully saturated rings. The fraction of sp³-hybridized carbons (Fsp3) is 0.167. The highest BCUT2D eigenvalue weighted by molar-refractivity contribution is 6.32. The summed E-state index contributed by atoms with van der Waals surface area (Å²) in [4.78, 5) is 8.49. The summed E-state index contributed by atoms with van der Waals surface area (Å²) in [5.74, 6) is 11.7. The number of hydrogen-bond donors (Lipinski definition) is 4. The summed E-state index contributed by atoms with van der Waals surface area (Å²) in [5, 5.41) is 10.2. The molecule has 1 aromatic heterocycles. The molecule has 1 aliphatic rings. The van der Waals surface area contributed by atoms with Gasteiger partial charge < -0.3 is 22.7 Å². The van der Waals surface area contributed by atoms with Crippen LogP contribution in [0.4, 0.5) is 5.69 Å². The average molecular weight is 320 g/mol. The normalized spacial score (nSPS) is 17.2. The van der Waals surface area contributed by atoms with Crippen molar-refractivity contribution in [2.45, 2.75) is 13.1 Å². The number of benzene rings is 1. The van der Waals surface area contributed by atoms with E-state index in [1.165, 1.54) is 4.68 Å². The van der Waals surface area contributed by atoms with Crippen molar-refractivity contribution in [1.29, 1.82) is 0 Å². The van der Waals surface area contributed by atoms with Gasteiger partial charge in [0.15, 0.2) is 5.15 Å². The van der Waals surface area contributed by atoms with E-state index in [1.807, 2.05) is 18.2 Å². The zero-order valence-corrected chi connectivity index (χ0v) is 12.4. The van der Waals surface area contributed by atoms with Crippen LogP contribution in [0.2, 0.25) is 5.15 Å². The van der Waals surface area contributed by atoms with Gasteiger partial charge in [-0.05, 0) is 13.0 Å². The van der Waals surface area contributed by atoms with Gasteiger partial charge in [-0.3, -0.25) is 0 Å². The Hall–Kier alpha value is -2.65. The molecule has 0 amide bonds. The Morgan fingerprint density at radius 2 is 2.18 bits per heavy atom. The first-order valence-electron chi connectivity index (χ1n) is 6.37. The lowest BCUT2D eigenvalue weighted by molar-refractivity contribution is 0.764. The van der Waals surface area contributed by atoms with Crippen LogP contribution < -0.4 is 22.7 Å². The number of aliphatic imine (C=N–C) groups is 1. The molecule has 0 saturated carbocycles. The van der Waals surface area contributed by atoms with Crippen LogP contribution in [-0.2, 0) is 0 Å². The largest absolute Gasteiger partial charge is 0.337 e. The van der Waals surface area contributed by atoms with Crippen molar-refractivity contribution >= 4 is 23.2 Å². The second-order valence-electron chi connectivity index (χ2n) is 4.71. The predicted molar refractivity (Wildman–Crippen MR) is 84.6 cm³/mol. The average Bonchev–Trinajstić information content (AvgIpc) is 2.75. The fourth-order valence-corrected chi connectivity index (χ4v) is 2.50. The molecule has 2 aromatic rings. The number of anilines is 1. The maximum Gasteiger partial charge on any atom is 0.246 e. The third-order valence-electron chi connectivity index (χ3n) is 3.33. The number of guanidine groups is 1. The van der Waals surface area contributed by atoms with Crippen molar-refractivity contribution in [2.75, 3.05) is 11.2 Å². The van der Waals surface area contributed by atoms with Crippen LogP contribution in [0.15, 0.2) is 33.5 Å². The van der Waals surface area contributed by atoms with Crippen LogP contribution in [0.5, 0.6) is 0 Å². The summed E-state index contributed by atoms with van der Waals surface area (Å²) >= 11 is 6.20. The maximum absolute atomic E-state index is 6.20. The van der Waals surface area contributed by atoms with Crippen molar-refractivity contribution in [3.8, 4) is 11.3 Å². The second-order valence-corrected chi connectivity index (χ2v) is 5.07. The van der Waals surface area contributed by atoms with Gasteiger partial charge in [0.2, 0.25) is 5.96 Å². The molecule has 0 aliphatic carbocycles. The van der Waals surface area contributed by atoms with Gasteiger partial charge in [0.1, 0.15) is 17.7 Å². The molecule has 10 heteroatoms. The molecule has 114 valence electrons. The van der Waals surface area contributed by atoms with Crippen molar-refractivity contribution in [3.63, 3.8) is 0 Å². The molecule has 3 rings (SSSR count). The van der Waals surface area contributed by atoms with Gasteiger partial charge in [-0.15, -0.1) is 0 Å². The molecule has 1 unspecified atom stereocenters. The molecule has 2 heterocycles. The van der Waals surface area contributed by atoms with E-state index in [9.17, 15) is 0 Å². The maximum atomic E-state index is 6.20. The number of aromatic nitrogens is 2. The zero-order chi connectivity index (χ0) is 15.9. The summed E-state index contributed by atoms with van der Waals surface area (Å²) in [6.07, 6.45) is -0.546. The third-order valence-corrected chi connectivity index (χ3v) is 3.70. The van der Waals surface area contributed by atoms with Gasteiger partial charge in [0, 0.05) is 16.8 Å². The van der Waals surface area contributed by atoms with Crippen LogP contribution in [0.3, 0.4) is 0 Å². The van der Waals surface area contributed by atoms with E-state index in [2.05, 4.69) is 25.6 Å². The van der Waals surface area contributed by atoms with Crippen LogP contribution in [0.1, 0.15) is 17.6 Å². The van der Waals surface area contributed by atoms with Gasteiger partial charge >= 0.3 is 0 Å². The van der Waals surface area contributed by atoms with Crippen molar-refractivity contribution < 1.29 is 0 Å². The monoisotopic (exact) mass is 319 g/mol. The van der Waals surface area contributed by atoms with E-state index >= 15 is 0 Å². The SMILES string of the molecule is Cc1nc(-c2ccc3c(c2)NC(N=NN)=NC3N)c(Cl)n1N. The number of nitrogens with two attached hydrogens (primary N) is 3. The Kier molecular flexibility index (Phi) is 3.43. The van der Waals surface area contributed by atoms with Gasteiger partial charge in [-0.25, -0.2) is 14.7 Å². The number of imidazole rings is 1. The van der Waals surface area contributed by atoms with Gasteiger partial charge in [-0.1, -0.05) is 34.1 Å². The summed E-state index contributed by atoms with van der Waals surface area (Å²) in [6, 6.07) is 5.56. The Morgan fingerprint density at radius 1 is 1.41 bits per heavy atom. The summed E-state index contributed by atoms with van der Waals surface area (Å²) in [6.45, 7) is 1.77. The van der Waals surface area contributed by atoms with E-state index in [0.29, 0.717) is 16.7 Å². The molecule has 7 N–H and O–H groups in total. The number of nitrogens with zero attached hydrogens (tertiary/aromatic N) is 5. The zero-order valence-electron chi connectivity index (χ0n) is 11.7. The molecule has 0 saturated heterocycles. The Morgan fingerprint density at radius 3 is 2.82 bits per heavy atom. The molecule has 0 spiro atoms. The first kappa shape index (κ1) is 14.3. The number of nitrogens with one attached hydrogen (secondary N) is 1. The van der Waals surface area contributed by atoms with Crippen LogP contribution >= 0.6 is 11.6 Å². The molecule has 9 nitrogen and oxygen atoms in total. The van der Waals surface area contributed by atoms with Crippen molar-refractivity contribution in [2.24, 2.45) is 26.9 Å². The van der Waals surface area contributed by atoms with E-state index in [4.69, 9.17) is 29.0 Å². The lowest BCUT2D eigenvalue weighted by Crippen LogP contribution is -2.23. The fourth-order valence-electron chi connectivity index (χ4n) is 2.23. The van der Waals surface area contributed by atoms with Crippen LogP contribution in [-0.4, -0.2) is 15.6 Å². The first-order valence-corrected chi connectivity index (χ1v) is 6.74. The summed E-state index contributed by atoms with van der Waals surface area (Å²) in [7, 11) is 0. The highest BCUT2D eigenvalue weighted by Crippen LogP contribution is 2.34. The van der Waals surface area contributed by atoms with E-state index in [1.54, 1.807) is 6.92 Å². The van der Waals surface area contributed by atoms with E-state index < -0.39 is 6.17 Å². The van der Waals surface area contributed by atoms with Gasteiger partial charge in [-0.2, -0.15) is 0 Å². The molecular formula is C12H14ClN9. The quantitative estimate of drug-likeness (QED) is 0.355. The molecular weight excluding hydrogens is 306 g/mol. The molecule has 22 heavy (non-hydrogen) atoms. The number of rotatable bonds is 1. The Balaban J connectivity index is 2.05. The lowest BCUT2D eigenvalue weighted by atomic mass is 10.0. The van der Waals surface area contributed by atoms with E-state index in [0.717, 1.165) is 16.8 Å². The lowest BCUT2D eigenvalue weighted by Gasteiger charge is -2.20. The standard InChI is InChI=1S/C12H14ClN9/c1-5-17-9(10(13)22(5)16)6-2-3-7-8(4-6)18-12(20-21-15)19-11(7)14/h2-4,11H,14,16H2,1H3,(H3,15,18,19,20). The number of hydrogen-bond acceptors (Lipinski definition) is 7. The third kappa shape index (κ3) is 2.26. The summed E-state index contributed by atoms with van der Waals surface area (Å²) in [5.41, 5.74) is 8.92.